The van der Waals surface area contributed by atoms with Crippen LogP contribution in [0.5, 0.6) is 11.5 Å². The molecule has 3 rings (SSSR count). The second-order valence-corrected chi connectivity index (χ2v) is 8.48. The number of nitro benzene ring substituents is 1. The van der Waals surface area contributed by atoms with Gasteiger partial charge in [0, 0.05) is 22.8 Å². The second kappa shape index (κ2) is 11.5. The first-order chi connectivity index (χ1) is 16.3. The summed E-state index contributed by atoms with van der Waals surface area (Å²) < 4.78 is 12.1. The number of nitriles is 1. The quantitative estimate of drug-likeness (QED) is 0.114. The van der Waals surface area contributed by atoms with Gasteiger partial charge in [-0.15, -0.1) is 0 Å². The number of nitrogens with one attached hydrogen (secondary N) is 1. The van der Waals surface area contributed by atoms with Crippen molar-refractivity contribution < 1.29 is 19.2 Å². The van der Waals surface area contributed by atoms with E-state index < -0.39 is 10.8 Å². The van der Waals surface area contributed by atoms with E-state index in [-0.39, 0.29) is 16.9 Å². The van der Waals surface area contributed by atoms with Crippen LogP contribution in [0.15, 0.2) is 66.2 Å². The molecular formula is C24H17ClIN3O5. The van der Waals surface area contributed by atoms with Gasteiger partial charge in [-0.25, -0.2) is 0 Å². The highest BCUT2D eigenvalue weighted by Crippen LogP contribution is 2.35. The van der Waals surface area contributed by atoms with Gasteiger partial charge in [0.15, 0.2) is 11.5 Å². The summed E-state index contributed by atoms with van der Waals surface area (Å²) in [5.41, 5.74) is 1.33. The summed E-state index contributed by atoms with van der Waals surface area (Å²) in [6.45, 7) is 0.299. The number of carbonyl (C=O) groups is 1. The van der Waals surface area contributed by atoms with Crippen molar-refractivity contribution in [2.75, 3.05) is 12.4 Å². The Morgan fingerprint density at radius 2 is 1.97 bits per heavy atom. The highest BCUT2D eigenvalue weighted by atomic mass is 127. The molecule has 0 radical (unpaired) electrons. The van der Waals surface area contributed by atoms with Crippen molar-refractivity contribution >= 4 is 57.5 Å². The Morgan fingerprint density at radius 3 is 2.62 bits per heavy atom. The van der Waals surface area contributed by atoms with E-state index in [9.17, 15) is 20.2 Å². The third kappa shape index (κ3) is 6.46. The number of halogens is 2. The van der Waals surface area contributed by atoms with Crippen LogP contribution in [0.25, 0.3) is 6.08 Å². The number of ether oxygens (including phenoxy) is 2. The molecule has 0 aliphatic carbocycles. The van der Waals surface area contributed by atoms with E-state index in [4.69, 9.17) is 21.1 Å². The molecule has 0 aromatic heterocycles. The minimum absolute atomic E-state index is 0.172. The van der Waals surface area contributed by atoms with Crippen LogP contribution in [0, 0.1) is 25.0 Å². The van der Waals surface area contributed by atoms with E-state index in [1.807, 2.05) is 18.2 Å². The molecule has 3 aromatic rings. The SMILES string of the molecule is COc1cc(/C=C(/C#N)C(=O)Nc2cccc([N+](=O)[O-])c2)cc(I)c1OCc1ccc(Cl)cc1. The third-order valence-electron chi connectivity index (χ3n) is 4.54. The number of methoxy groups -OCH3 is 1. The molecule has 0 saturated carbocycles. The fraction of sp³-hybridized carbons (Fsp3) is 0.0833. The smallest absolute Gasteiger partial charge is 0.271 e. The molecule has 0 bridgehead atoms. The minimum atomic E-state index is -0.694. The normalized spacial score (nSPS) is 10.8. The lowest BCUT2D eigenvalue weighted by Gasteiger charge is -2.14. The molecule has 34 heavy (non-hydrogen) atoms. The summed E-state index contributed by atoms with van der Waals surface area (Å²) in [7, 11) is 1.49. The topological polar surface area (TPSA) is 114 Å². The van der Waals surface area contributed by atoms with Crippen LogP contribution in [0.1, 0.15) is 11.1 Å². The van der Waals surface area contributed by atoms with Crippen molar-refractivity contribution in [3.05, 3.63) is 96.1 Å². The average Bonchev–Trinajstić information content (AvgIpc) is 2.82. The number of nitro groups is 1. The number of anilines is 1. The van der Waals surface area contributed by atoms with Gasteiger partial charge >= 0.3 is 0 Å². The van der Waals surface area contributed by atoms with Gasteiger partial charge in [-0.05, 0) is 70.1 Å². The Hall–Kier alpha value is -3.62. The zero-order valence-corrected chi connectivity index (χ0v) is 20.7. The summed E-state index contributed by atoms with van der Waals surface area (Å²) in [5.74, 6) is 0.262. The molecule has 172 valence electrons. The van der Waals surface area contributed by atoms with Crippen LogP contribution in [-0.4, -0.2) is 17.9 Å². The number of benzene rings is 3. The summed E-state index contributed by atoms with van der Waals surface area (Å²) in [5, 5.41) is 23.6. The highest BCUT2D eigenvalue weighted by Gasteiger charge is 2.15. The molecule has 0 unspecified atom stereocenters. The summed E-state index contributed by atoms with van der Waals surface area (Å²) in [6.07, 6.45) is 1.40. The van der Waals surface area contributed by atoms with Crippen LogP contribution >= 0.6 is 34.2 Å². The molecule has 0 spiro atoms. The van der Waals surface area contributed by atoms with Crippen LogP contribution in [0.3, 0.4) is 0 Å². The number of non-ortho nitro benzene ring substituents is 1. The van der Waals surface area contributed by atoms with Gasteiger partial charge in [0.1, 0.15) is 18.2 Å². The lowest BCUT2D eigenvalue weighted by atomic mass is 10.1. The number of hydrogen-bond donors (Lipinski definition) is 1. The Kier molecular flexibility index (Phi) is 8.45. The zero-order valence-electron chi connectivity index (χ0n) is 17.7. The fourth-order valence-corrected chi connectivity index (χ4v) is 3.82. The van der Waals surface area contributed by atoms with Gasteiger partial charge in [0.05, 0.1) is 15.6 Å². The fourth-order valence-electron chi connectivity index (χ4n) is 2.91. The molecule has 8 nitrogen and oxygen atoms in total. The van der Waals surface area contributed by atoms with Crippen molar-refractivity contribution in [1.82, 2.24) is 0 Å². The first-order valence-electron chi connectivity index (χ1n) is 9.73. The van der Waals surface area contributed by atoms with E-state index in [1.165, 1.54) is 37.5 Å². The van der Waals surface area contributed by atoms with Crippen LogP contribution in [-0.2, 0) is 11.4 Å². The van der Waals surface area contributed by atoms with Gasteiger partial charge < -0.3 is 14.8 Å². The van der Waals surface area contributed by atoms with Crippen molar-refractivity contribution in [2.45, 2.75) is 6.61 Å². The zero-order chi connectivity index (χ0) is 24.7. The van der Waals surface area contributed by atoms with Gasteiger partial charge in [-0.3, -0.25) is 14.9 Å². The Bertz CT molecular complexity index is 1300. The molecule has 1 N–H and O–H groups in total. The molecule has 0 fully saturated rings. The maximum atomic E-state index is 12.6. The van der Waals surface area contributed by atoms with Crippen LogP contribution < -0.4 is 14.8 Å². The van der Waals surface area contributed by atoms with Crippen LogP contribution in [0.4, 0.5) is 11.4 Å². The largest absolute Gasteiger partial charge is 0.493 e. The van der Waals surface area contributed by atoms with Gasteiger partial charge in [-0.1, -0.05) is 29.8 Å². The van der Waals surface area contributed by atoms with Crippen molar-refractivity contribution in [3.63, 3.8) is 0 Å². The van der Waals surface area contributed by atoms with Crippen molar-refractivity contribution in [1.29, 1.82) is 5.26 Å². The molecule has 10 heteroatoms. The maximum Gasteiger partial charge on any atom is 0.271 e. The molecule has 0 saturated heterocycles. The van der Waals surface area contributed by atoms with E-state index in [2.05, 4.69) is 27.9 Å². The summed E-state index contributed by atoms with van der Waals surface area (Å²) in [4.78, 5) is 22.9. The highest BCUT2D eigenvalue weighted by molar-refractivity contribution is 14.1. The molecule has 0 aliphatic rings. The van der Waals surface area contributed by atoms with Gasteiger partial charge in [0.2, 0.25) is 0 Å². The third-order valence-corrected chi connectivity index (χ3v) is 5.59. The van der Waals surface area contributed by atoms with Crippen molar-refractivity contribution in [3.8, 4) is 17.6 Å². The second-order valence-electron chi connectivity index (χ2n) is 6.88. The van der Waals surface area contributed by atoms with E-state index >= 15 is 0 Å². The summed E-state index contributed by atoms with van der Waals surface area (Å²) >= 11 is 8.00. The van der Waals surface area contributed by atoms with E-state index in [0.29, 0.717) is 32.3 Å². The number of amides is 1. The molecule has 0 heterocycles. The lowest BCUT2D eigenvalue weighted by molar-refractivity contribution is -0.384. The standard InChI is InChI=1S/C24H17ClIN3O5/c1-33-22-11-16(10-21(26)23(22)34-14-15-5-7-18(25)8-6-15)9-17(13-27)24(30)28-19-3-2-4-20(12-19)29(31)32/h2-12H,14H2,1H3,(H,28,30)/b17-9-. The first-order valence-corrected chi connectivity index (χ1v) is 11.2. The Morgan fingerprint density at radius 1 is 1.24 bits per heavy atom. The minimum Gasteiger partial charge on any atom is -0.493 e. The van der Waals surface area contributed by atoms with Crippen LogP contribution in [0.2, 0.25) is 5.02 Å². The van der Waals surface area contributed by atoms with E-state index in [0.717, 1.165) is 5.56 Å². The Labute approximate surface area is 214 Å². The van der Waals surface area contributed by atoms with Crippen molar-refractivity contribution in [2.24, 2.45) is 0 Å². The molecule has 0 aliphatic heterocycles. The number of hydrogen-bond acceptors (Lipinski definition) is 6. The van der Waals surface area contributed by atoms with E-state index in [1.54, 1.807) is 24.3 Å². The number of rotatable bonds is 8. The lowest BCUT2D eigenvalue weighted by Crippen LogP contribution is -2.13. The summed E-state index contributed by atoms with van der Waals surface area (Å²) in [6, 6.07) is 18.0. The number of nitrogens with zero attached hydrogens (tertiary/aromatic N) is 2. The molecular weight excluding hydrogens is 573 g/mol. The van der Waals surface area contributed by atoms with Gasteiger partial charge in [-0.2, -0.15) is 5.26 Å². The number of carbonyl (C=O) groups excluding carboxylic acids is 1. The first kappa shape index (κ1) is 25.0. The predicted octanol–water partition coefficient (Wildman–Crippen LogP) is 5.99. The average molecular weight is 590 g/mol. The Balaban J connectivity index is 1.81. The predicted molar refractivity (Wildman–Crippen MR) is 137 cm³/mol. The monoisotopic (exact) mass is 589 g/mol. The van der Waals surface area contributed by atoms with Gasteiger partial charge in [0.25, 0.3) is 11.6 Å². The maximum absolute atomic E-state index is 12.6. The molecule has 0 atom stereocenters. The molecule has 3 aromatic carbocycles. The molecule has 1 amide bonds.